The Labute approximate surface area is 148 Å². The number of nitro groups is 1. The van der Waals surface area contributed by atoms with Gasteiger partial charge in [-0.25, -0.2) is 4.98 Å². The number of nitrogens with zero attached hydrogens (tertiary/aromatic N) is 5. The van der Waals surface area contributed by atoms with Crippen molar-refractivity contribution in [2.24, 2.45) is 0 Å². The molecule has 1 aromatic carbocycles. The van der Waals surface area contributed by atoms with Crippen molar-refractivity contribution in [3.8, 4) is 5.88 Å². The number of aromatic hydroxyl groups is 1. The molecule has 8 nitrogen and oxygen atoms in total. The molecule has 1 atom stereocenters. The van der Waals surface area contributed by atoms with Crippen molar-refractivity contribution in [3.05, 3.63) is 51.1 Å². The van der Waals surface area contributed by atoms with Crippen molar-refractivity contribution in [1.82, 2.24) is 19.5 Å². The van der Waals surface area contributed by atoms with Crippen LogP contribution in [0.4, 0.5) is 5.69 Å². The van der Waals surface area contributed by atoms with Gasteiger partial charge >= 0.3 is 0 Å². The Morgan fingerprint density at radius 3 is 2.96 bits per heavy atom. The van der Waals surface area contributed by atoms with E-state index in [2.05, 4.69) is 21.9 Å². The smallest absolute Gasteiger partial charge is 0.269 e. The summed E-state index contributed by atoms with van der Waals surface area (Å²) in [5.41, 5.74) is 0.790. The molecule has 132 valence electrons. The predicted molar refractivity (Wildman–Crippen MR) is 95.0 cm³/mol. The first-order chi connectivity index (χ1) is 12.0. The van der Waals surface area contributed by atoms with Gasteiger partial charge in [0.05, 0.1) is 15.8 Å². The number of nitro benzene ring substituents is 1. The van der Waals surface area contributed by atoms with Gasteiger partial charge in [0.25, 0.3) is 5.69 Å². The Morgan fingerprint density at radius 1 is 1.48 bits per heavy atom. The largest absolute Gasteiger partial charge is 0.492 e. The van der Waals surface area contributed by atoms with Crippen molar-refractivity contribution >= 4 is 22.0 Å². The highest BCUT2D eigenvalue weighted by Crippen LogP contribution is 2.39. The lowest BCUT2D eigenvalue weighted by Gasteiger charge is -2.27. The Balaban J connectivity index is 2.09. The van der Waals surface area contributed by atoms with Gasteiger partial charge in [0.1, 0.15) is 6.33 Å². The minimum atomic E-state index is -0.407. The second-order valence-electron chi connectivity index (χ2n) is 5.83. The molecule has 0 saturated heterocycles. The van der Waals surface area contributed by atoms with Crippen LogP contribution in [-0.2, 0) is 0 Å². The Hall–Kier alpha value is -2.52. The summed E-state index contributed by atoms with van der Waals surface area (Å²) < 4.78 is 1.39. The fourth-order valence-corrected chi connectivity index (χ4v) is 3.95. The van der Waals surface area contributed by atoms with E-state index < -0.39 is 4.92 Å². The quantitative estimate of drug-likeness (QED) is 0.513. The van der Waals surface area contributed by atoms with Gasteiger partial charge in [-0.3, -0.25) is 15.0 Å². The van der Waals surface area contributed by atoms with E-state index in [0.29, 0.717) is 9.84 Å². The van der Waals surface area contributed by atoms with E-state index in [-0.39, 0.29) is 17.6 Å². The summed E-state index contributed by atoms with van der Waals surface area (Å²) in [6.45, 7) is 2.91. The van der Waals surface area contributed by atoms with Crippen LogP contribution in [0.5, 0.6) is 5.88 Å². The molecule has 0 aliphatic carbocycles. The third kappa shape index (κ3) is 3.33. The molecule has 0 bridgehead atoms. The van der Waals surface area contributed by atoms with Gasteiger partial charge in [-0.15, -0.1) is 0 Å². The number of hydrogen-bond acceptors (Lipinski definition) is 7. The van der Waals surface area contributed by atoms with E-state index in [1.807, 2.05) is 13.1 Å². The summed E-state index contributed by atoms with van der Waals surface area (Å²) in [7, 11) is 1.95. The normalized spacial score (nSPS) is 12.8. The molecule has 0 radical (unpaired) electrons. The highest BCUT2D eigenvalue weighted by atomic mass is 32.1. The Kier molecular flexibility index (Phi) is 4.95. The van der Waals surface area contributed by atoms with Gasteiger partial charge in [-0.1, -0.05) is 36.8 Å². The van der Waals surface area contributed by atoms with E-state index in [1.165, 1.54) is 28.2 Å². The first-order valence-corrected chi connectivity index (χ1v) is 8.80. The van der Waals surface area contributed by atoms with Crippen LogP contribution in [0.3, 0.4) is 0 Å². The van der Waals surface area contributed by atoms with Crippen LogP contribution in [0.15, 0.2) is 30.6 Å². The van der Waals surface area contributed by atoms with E-state index in [4.69, 9.17) is 0 Å². The fourth-order valence-electron chi connectivity index (χ4n) is 2.82. The average Bonchev–Trinajstić information content (AvgIpc) is 3.17. The van der Waals surface area contributed by atoms with Crippen LogP contribution in [0.1, 0.15) is 36.2 Å². The average molecular weight is 361 g/mol. The predicted octanol–water partition coefficient (Wildman–Crippen LogP) is 3.23. The monoisotopic (exact) mass is 361 g/mol. The van der Waals surface area contributed by atoms with Gasteiger partial charge in [-0.05, 0) is 25.6 Å². The van der Waals surface area contributed by atoms with Crippen molar-refractivity contribution in [1.29, 1.82) is 0 Å². The molecule has 2 aromatic heterocycles. The molecular weight excluding hydrogens is 342 g/mol. The highest BCUT2D eigenvalue weighted by molar-refractivity contribution is 7.17. The van der Waals surface area contributed by atoms with Gasteiger partial charge < -0.3 is 5.11 Å². The van der Waals surface area contributed by atoms with E-state index in [0.717, 1.165) is 24.9 Å². The second-order valence-corrected chi connectivity index (χ2v) is 6.84. The zero-order chi connectivity index (χ0) is 18.0. The molecule has 0 amide bonds. The molecule has 25 heavy (non-hydrogen) atoms. The summed E-state index contributed by atoms with van der Waals surface area (Å²) >= 11 is 1.34. The summed E-state index contributed by atoms with van der Waals surface area (Å²) in [5, 5.41) is 25.7. The van der Waals surface area contributed by atoms with Gasteiger partial charge in [0, 0.05) is 12.1 Å². The maximum absolute atomic E-state index is 11.1. The van der Waals surface area contributed by atoms with Crippen LogP contribution in [-0.4, -0.2) is 43.1 Å². The number of aromatic nitrogens is 3. The van der Waals surface area contributed by atoms with E-state index in [1.54, 1.807) is 12.1 Å². The first-order valence-electron chi connectivity index (χ1n) is 7.99. The minimum absolute atomic E-state index is 0.0253. The number of non-ortho nitro benzene ring substituents is 1. The van der Waals surface area contributed by atoms with Crippen LogP contribution >= 0.6 is 11.3 Å². The van der Waals surface area contributed by atoms with Crippen LogP contribution < -0.4 is 0 Å². The van der Waals surface area contributed by atoms with Crippen molar-refractivity contribution in [3.63, 3.8) is 0 Å². The van der Waals surface area contributed by atoms with Crippen molar-refractivity contribution in [2.45, 2.75) is 25.8 Å². The van der Waals surface area contributed by atoms with Gasteiger partial charge in [-0.2, -0.15) is 9.61 Å². The molecule has 0 aliphatic rings. The van der Waals surface area contributed by atoms with E-state index in [9.17, 15) is 15.2 Å². The fraction of sp³-hybridized carbons (Fsp3) is 0.375. The summed E-state index contributed by atoms with van der Waals surface area (Å²) in [5.74, 6) is 0.0253. The molecule has 2 heterocycles. The lowest BCUT2D eigenvalue weighted by Crippen LogP contribution is -2.26. The first kappa shape index (κ1) is 17.3. The number of benzene rings is 1. The molecule has 0 spiro atoms. The summed E-state index contributed by atoms with van der Waals surface area (Å²) in [6, 6.07) is 6.23. The maximum atomic E-state index is 11.1. The Bertz CT molecular complexity index is 891. The number of unbranched alkanes of at least 4 members (excludes halogenated alkanes) is 1. The Morgan fingerprint density at radius 2 is 2.28 bits per heavy atom. The minimum Gasteiger partial charge on any atom is -0.492 e. The molecule has 3 rings (SSSR count). The van der Waals surface area contributed by atoms with Gasteiger partial charge in [0.2, 0.25) is 10.8 Å². The van der Waals surface area contributed by atoms with Crippen molar-refractivity contribution in [2.75, 3.05) is 13.6 Å². The maximum Gasteiger partial charge on any atom is 0.269 e. The standard InChI is InChI=1S/C16H19N5O3S/c1-3-4-8-19(2)13(11-6-5-7-12(9-11)21(23)24)14-15(22)20-16(25-14)17-10-18-20/h5-7,9-10,13,22H,3-4,8H2,1-2H3. The molecule has 3 aromatic rings. The van der Waals surface area contributed by atoms with Crippen molar-refractivity contribution < 1.29 is 10.0 Å². The van der Waals surface area contributed by atoms with Gasteiger partial charge in [0.15, 0.2) is 0 Å². The van der Waals surface area contributed by atoms with E-state index >= 15 is 0 Å². The third-order valence-corrected chi connectivity index (χ3v) is 5.18. The second kappa shape index (κ2) is 7.16. The molecule has 1 N–H and O–H groups in total. The number of hydrogen-bond donors (Lipinski definition) is 1. The number of thiazole rings is 1. The SMILES string of the molecule is CCCCN(C)C(c1cccc([N+](=O)[O-])c1)c1sc2ncnn2c1O. The molecule has 1 unspecified atom stereocenters. The molecule has 0 aliphatic heterocycles. The number of fused-ring (bicyclic) bond motifs is 1. The topological polar surface area (TPSA) is 96.8 Å². The van der Waals surface area contributed by atoms with Crippen LogP contribution in [0.25, 0.3) is 4.96 Å². The summed E-state index contributed by atoms with van der Waals surface area (Å²) in [6.07, 6.45) is 3.41. The lowest BCUT2D eigenvalue weighted by molar-refractivity contribution is -0.384. The molecule has 9 heteroatoms. The zero-order valence-corrected chi connectivity index (χ0v) is 14.8. The molecule has 0 fully saturated rings. The van der Waals surface area contributed by atoms with Crippen LogP contribution in [0.2, 0.25) is 0 Å². The summed E-state index contributed by atoms with van der Waals surface area (Å²) in [4.78, 5) is 18.2. The number of rotatable bonds is 7. The highest BCUT2D eigenvalue weighted by Gasteiger charge is 2.28. The molecular formula is C16H19N5O3S. The zero-order valence-electron chi connectivity index (χ0n) is 14.0. The van der Waals surface area contributed by atoms with Crippen LogP contribution in [0, 0.1) is 10.1 Å². The molecule has 0 saturated carbocycles. The third-order valence-electron chi connectivity index (χ3n) is 4.09. The lowest BCUT2D eigenvalue weighted by atomic mass is 10.0.